The quantitative estimate of drug-likeness (QED) is 0.683. The summed E-state index contributed by atoms with van der Waals surface area (Å²) in [5.41, 5.74) is 0.647. The predicted molar refractivity (Wildman–Crippen MR) is 89.5 cm³/mol. The van der Waals surface area contributed by atoms with E-state index in [4.69, 9.17) is 16.3 Å². The molecule has 1 amide bonds. The second-order valence-corrected chi connectivity index (χ2v) is 6.00. The van der Waals surface area contributed by atoms with Crippen molar-refractivity contribution in [2.24, 2.45) is 0 Å². The molecule has 0 aliphatic rings. The molecule has 0 saturated carbocycles. The fourth-order valence-electron chi connectivity index (χ4n) is 1.82. The number of anilines is 1. The van der Waals surface area contributed by atoms with Crippen molar-refractivity contribution in [1.29, 1.82) is 0 Å². The lowest BCUT2D eigenvalue weighted by atomic mass is 10.2. The van der Waals surface area contributed by atoms with Crippen LogP contribution in [-0.4, -0.2) is 25.4 Å². The highest BCUT2D eigenvalue weighted by atomic mass is 35.5. The Labute approximate surface area is 154 Å². The average Bonchev–Trinajstić information content (AvgIpc) is 2.96. The first-order valence-electron chi connectivity index (χ1n) is 6.99. The number of nitrogens with zero attached hydrogens (tertiary/aromatic N) is 3. The number of benzene rings is 1. The molecule has 0 fully saturated rings. The standard InChI is InChI=1S/C15H9ClF2N4O3S/c16-12-10(23)11(26-22-12)14(24)20-13-9(18)5-19-15(21-13)25-6-7-1-3-8(17)4-2-7/h1-5,23H,6H2,(H,19,20,21,24). The van der Waals surface area contributed by atoms with E-state index in [2.05, 4.69) is 19.7 Å². The summed E-state index contributed by atoms with van der Waals surface area (Å²) in [5, 5.41) is 11.6. The van der Waals surface area contributed by atoms with Gasteiger partial charge in [0.1, 0.15) is 12.4 Å². The van der Waals surface area contributed by atoms with E-state index in [-0.39, 0.29) is 28.5 Å². The summed E-state index contributed by atoms with van der Waals surface area (Å²) >= 11 is 6.22. The normalized spacial score (nSPS) is 10.6. The highest BCUT2D eigenvalue weighted by molar-refractivity contribution is 7.09. The smallest absolute Gasteiger partial charge is 0.318 e. The van der Waals surface area contributed by atoms with E-state index in [1.807, 2.05) is 0 Å². The highest BCUT2D eigenvalue weighted by Crippen LogP contribution is 2.30. The van der Waals surface area contributed by atoms with Crippen LogP contribution in [0.3, 0.4) is 0 Å². The number of nitrogens with one attached hydrogen (secondary N) is 1. The number of hydrogen-bond acceptors (Lipinski definition) is 7. The minimum Gasteiger partial charge on any atom is -0.504 e. The van der Waals surface area contributed by atoms with E-state index in [1.54, 1.807) is 0 Å². The summed E-state index contributed by atoms with van der Waals surface area (Å²) < 4.78 is 35.6. The lowest BCUT2D eigenvalue weighted by molar-refractivity contribution is 0.102. The number of carbonyl (C=O) groups excluding carboxylic acids is 1. The molecule has 0 unspecified atom stereocenters. The Morgan fingerprint density at radius 2 is 2.04 bits per heavy atom. The number of amides is 1. The van der Waals surface area contributed by atoms with Gasteiger partial charge in [-0.3, -0.25) is 4.79 Å². The molecule has 0 radical (unpaired) electrons. The zero-order valence-corrected chi connectivity index (χ0v) is 14.3. The Hall–Kier alpha value is -2.85. The Morgan fingerprint density at radius 1 is 1.31 bits per heavy atom. The summed E-state index contributed by atoms with van der Waals surface area (Å²) in [7, 11) is 0. The van der Waals surface area contributed by atoms with E-state index < -0.39 is 23.3 Å². The molecule has 0 saturated heterocycles. The van der Waals surface area contributed by atoms with Gasteiger partial charge < -0.3 is 15.2 Å². The first kappa shape index (κ1) is 18.0. The molecule has 2 heterocycles. The molecule has 0 spiro atoms. The first-order valence-corrected chi connectivity index (χ1v) is 8.14. The monoisotopic (exact) mass is 398 g/mol. The summed E-state index contributed by atoms with van der Waals surface area (Å²) in [6.07, 6.45) is 0.822. The van der Waals surface area contributed by atoms with E-state index in [0.717, 1.165) is 6.20 Å². The molecule has 134 valence electrons. The highest BCUT2D eigenvalue weighted by Gasteiger charge is 2.20. The number of rotatable bonds is 5. The van der Waals surface area contributed by atoms with Crippen molar-refractivity contribution in [2.45, 2.75) is 6.61 Å². The van der Waals surface area contributed by atoms with Gasteiger partial charge in [-0.1, -0.05) is 23.7 Å². The van der Waals surface area contributed by atoms with E-state index in [1.165, 1.54) is 24.3 Å². The molecule has 26 heavy (non-hydrogen) atoms. The van der Waals surface area contributed by atoms with Crippen molar-refractivity contribution >= 4 is 34.9 Å². The van der Waals surface area contributed by atoms with Gasteiger partial charge in [0.25, 0.3) is 5.91 Å². The van der Waals surface area contributed by atoms with Gasteiger partial charge in [-0.2, -0.15) is 9.36 Å². The Kier molecular flexibility index (Phi) is 5.24. The second-order valence-electron chi connectivity index (χ2n) is 4.87. The Balaban J connectivity index is 1.72. The van der Waals surface area contributed by atoms with E-state index in [0.29, 0.717) is 17.1 Å². The van der Waals surface area contributed by atoms with Gasteiger partial charge in [-0.15, -0.1) is 0 Å². The molecule has 0 atom stereocenters. The number of aromatic nitrogens is 3. The zero-order valence-electron chi connectivity index (χ0n) is 12.7. The van der Waals surface area contributed by atoms with Crippen molar-refractivity contribution in [3.05, 3.63) is 57.7 Å². The number of aromatic hydroxyl groups is 1. The molecular formula is C15H9ClF2N4O3S. The SMILES string of the molecule is O=C(Nc1nc(OCc2ccc(F)cc2)ncc1F)c1snc(Cl)c1O. The lowest BCUT2D eigenvalue weighted by Crippen LogP contribution is -2.14. The second kappa shape index (κ2) is 7.58. The van der Waals surface area contributed by atoms with Crippen LogP contribution in [-0.2, 0) is 6.61 Å². The molecular weight excluding hydrogens is 390 g/mol. The minimum atomic E-state index is -0.900. The minimum absolute atomic E-state index is 0.0184. The zero-order chi connectivity index (χ0) is 18.7. The number of hydrogen-bond donors (Lipinski definition) is 2. The average molecular weight is 399 g/mol. The fraction of sp³-hybridized carbons (Fsp3) is 0.0667. The molecule has 11 heteroatoms. The molecule has 1 aromatic carbocycles. The summed E-state index contributed by atoms with van der Waals surface area (Å²) in [4.78, 5) is 19.3. The van der Waals surface area contributed by atoms with Crippen molar-refractivity contribution in [2.75, 3.05) is 5.32 Å². The van der Waals surface area contributed by atoms with Crippen molar-refractivity contribution in [1.82, 2.24) is 14.3 Å². The fourth-order valence-corrected chi connectivity index (χ4v) is 2.64. The molecule has 0 bridgehead atoms. The maximum Gasteiger partial charge on any atom is 0.318 e. The lowest BCUT2D eigenvalue weighted by Gasteiger charge is -2.08. The third-order valence-electron chi connectivity index (χ3n) is 3.07. The van der Waals surface area contributed by atoms with Crippen LogP contribution in [0.25, 0.3) is 0 Å². The largest absolute Gasteiger partial charge is 0.504 e. The number of ether oxygens (including phenoxy) is 1. The van der Waals surface area contributed by atoms with Crippen LogP contribution < -0.4 is 10.1 Å². The maximum absolute atomic E-state index is 13.8. The molecule has 3 aromatic rings. The first-order chi connectivity index (χ1) is 12.4. The van der Waals surface area contributed by atoms with Crippen molar-refractivity contribution in [3.8, 4) is 11.8 Å². The molecule has 0 aliphatic carbocycles. The number of halogens is 3. The van der Waals surface area contributed by atoms with Gasteiger partial charge in [0.05, 0.1) is 6.20 Å². The summed E-state index contributed by atoms with van der Waals surface area (Å²) in [6, 6.07) is 5.36. The Morgan fingerprint density at radius 3 is 2.69 bits per heavy atom. The van der Waals surface area contributed by atoms with Gasteiger partial charge in [0.2, 0.25) is 0 Å². The van der Waals surface area contributed by atoms with Crippen LogP contribution in [0.1, 0.15) is 15.2 Å². The third kappa shape index (κ3) is 4.03. The van der Waals surface area contributed by atoms with Crippen LogP contribution in [0.5, 0.6) is 11.8 Å². The van der Waals surface area contributed by atoms with E-state index >= 15 is 0 Å². The van der Waals surface area contributed by atoms with Crippen LogP contribution in [0, 0.1) is 11.6 Å². The molecule has 2 N–H and O–H groups in total. The van der Waals surface area contributed by atoms with Gasteiger partial charge in [-0.05, 0) is 29.2 Å². The predicted octanol–water partition coefficient (Wildman–Crippen LogP) is 3.40. The molecule has 3 rings (SSSR count). The van der Waals surface area contributed by atoms with Crippen molar-refractivity contribution < 1.29 is 23.4 Å². The van der Waals surface area contributed by atoms with Crippen LogP contribution >= 0.6 is 23.1 Å². The maximum atomic E-state index is 13.8. The van der Waals surface area contributed by atoms with Gasteiger partial charge in [0.15, 0.2) is 27.4 Å². The van der Waals surface area contributed by atoms with Crippen LogP contribution in [0.15, 0.2) is 30.5 Å². The van der Waals surface area contributed by atoms with Gasteiger partial charge >= 0.3 is 6.01 Å². The van der Waals surface area contributed by atoms with Gasteiger partial charge in [0, 0.05) is 0 Å². The molecule has 0 aliphatic heterocycles. The molecule has 2 aromatic heterocycles. The number of carbonyl (C=O) groups is 1. The summed E-state index contributed by atoms with van der Waals surface area (Å²) in [6.45, 7) is 0.0184. The Bertz CT molecular complexity index is 953. The summed E-state index contributed by atoms with van der Waals surface area (Å²) in [5.74, 6) is -3.07. The van der Waals surface area contributed by atoms with Crippen LogP contribution in [0.4, 0.5) is 14.6 Å². The van der Waals surface area contributed by atoms with Crippen LogP contribution in [0.2, 0.25) is 5.15 Å². The third-order valence-corrected chi connectivity index (χ3v) is 4.27. The topological polar surface area (TPSA) is 97.2 Å². The molecule has 7 nitrogen and oxygen atoms in total. The van der Waals surface area contributed by atoms with Crippen molar-refractivity contribution in [3.63, 3.8) is 0 Å². The van der Waals surface area contributed by atoms with Gasteiger partial charge in [-0.25, -0.2) is 13.8 Å². The van der Waals surface area contributed by atoms with E-state index in [9.17, 15) is 18.7 Å².